The van der Waals surface area contributed by atoms with Gasteiger partial charge in [0.25, 0.3) is 0 Å². The fraction of sp³-hybridized carbons (Fsp3) is 0.0606. The van der Waals surface area contributed by atoms with Gasteiger partial charge < -0.3 is 14.8 Å². The minimum atomic E-state index is -0.968. The lowest BCUT2D eigenvalue weighted by Crippen LogP contribution is -2.02. The Balaban J connectivity index is 1.39. The SMILES string of the molecule is Cc1ccccc1-c1cccc2c(Cc3cccc(Oc4cccc5ccccc45)c3)c(C(=O)O)[nH]c12. The van der Waals surface area contributed by atoms with Crippen molar-refractivity contribution in [1.29, 1.82) is 0 Å². The number of benzene rings is 5. The number of aromatic amines is 1. The average Bonchev–Trinajstić information content (AvgIpc) is 3.28. The van der Waals surface area contributed by atoms with Crippen LogP contribution in [-0.4, -0.2) is 16.1 Å². The predicted octanol–water partition coefficient (Wildman–Crippen LogP) is 8.38. The molecule has 0 fully saturated rings. The molecule has 0 atom stereocenters. The zero-order valence-corrected chi connectivity index (χ0v) is 20.4. The number of nitrogens with one attached hydrogen (secondary N) is 1. The minimum Gasteiger partial charge on any atom is -0.477 e. The molecular weight excluding hydrogens is 458 g/mol. The molecule has 5 aromatic carbocycles. The zero-order valence-electron chi connectivity index (χ0n) is 20.4. The van der Waals surface area contributed by atoms with Crippen LogP contribution in [0.2, 0.25) is 0 Å². The molecule has 0 amide bonds. The third-order valence-corrected chi connectivity index (χ3v) is 6.85. The highest BCUT2D eigenvalue weighted by atomic mass is 16.5. The van der Waals surface area contributed by atoms with Crippen LogP contribution in [0.25, 0.3) is 32.8 Å². The summed E-state index contributed by atoms with van der Waals surface area (Å²) in [6, 6.07) is 36.2. The Kier molecular flexibility index (Phi) is 5.70. The molecule has 0 saturated carbocycles. The van der Waals surface area contributed by atoms with Crippen molar-refractivity contribution in [3.63, 3.8) is 0 Å². The molecule has 37 heavy (non-hydrogen) atoms. The second-order valence-corrected chi connectivity index (χ2v) is 9.23. The lowest BCUT2D eigenvalue weighted by atomic mass is 9.96. The normalized spacial score (nSPS) is 11.2. The van der Waals surface area contributed by atoms with Crippen LogP contribution in [0.4, 0.5) is 0 Å². The molecule has 1 heterocycles. The number of aromatic nitrogens is 1. The third-order valence-electron chi connectivity index (χ3n) is 6.85. The topological polar surface area (TPSA) is 62.3 Å². The summed E-state index contributed by atoms with van der Waals surface area (Å²) in [5, 5.41) is 13.1. The van der Waals surface area contributed by atoms with Gasteiger partial charge in [0.05, 0.1) is 5.52 Å². The maximum atomic E-state index is 12.3. The Morgan fingerprint density at radius 1 is 0.784 bits per heavy atom. The predicted molar refractivity (Wildman–Crippen MR) is 149 cm³/mol. The average molecular weight is 484 g/mol. The number of fused-ring (bicyclic) bond motifs is 2. The smallest absolute Gasteiger partial charge is 0.352 e. The van der Waals surface area contributed by atoms with E-state index in [2.05, 4.69) is 36.2 Å². The summed E-state index contributed by atoms with van der Waals surface area (Å²) in [5.41, 5.74) is 6.02. The second kappa shape index (κ2) is 9.32. The highest BCUT2D eigenvalue weighted by Crippen LogP contribution is 2.35. The van der Waals surface area contributed by atoms with Crippen LogP contribution in [0.1, 0.15) is 27.2 Å². The van der Waals surface area contributed by atoms with Crippen molar-refractivity contribution in [3.8, 4) is 22.6 Å². The number of rotatable bonds is 6. The van der Waals surface area contributed by atoms with E-state index in [0.29, 0.717) is 12.2 Å². The van der Waals surface area contributed by atoms with Gasteiger partial charge in [0, 0.05) is 22.8 Å². The van der Waals surface area contributed by atoms with E-state index in [9.17, 15) is 9.90 Å². The van der Waals surface area contributed by atoms with Crippen molar-refractivity contribution in [2.24, 2.45) is 0 Å². The summed E-state index contributed by atoms with van der Waals surface area (Å²) in [6.07, 6.45) is 0.464. The Morgan fingerprint density at radius 2 is 1.49 bits per heavy atom. The van der Waals surface area contributed by atoms with Crippen LogP contribution in [0, 0.1) is 6.92 Å². The van der Waals surface area contributed by atoms with Gasteiger partial charge in [-0.05, 0) is 52.8 Å². The number of carboxylic acid groups (broad SMARTS) is 1. The van der Waals surface area contributed by atoms with E-state index in [0.717, 1.165) is 55.2 Å². The van der Waals surface area contributed by atoms with Crippen LogP contribution < -0.4 is 4.74 Å². The lowest BCUT2D eigenvalue weighted by molar-refractivity contribution is 0.0690. The van der Waals surface area contributed by atoms with E-state index >= 15 is 0 Å². The van der Waals surface area contributed by atoms with Gasteiger partial charge in [-0.15, -0.1) is 0 Å². The molecule has 0 spiro atoms. The third kappa shape index (κ3) is 4.23. The van der Waals surface area contributed by atoms with Crippen molar-refractivity contribution >= 4 is 27.6 Å². The fourth-order valence-electron chi connectivity index (χ4n) is 5.07. The molecule has 0 bridgehead atoms. The Hall–Kier alpha value is -4.83. The molecular formula is C33H25NO3. The van der Waals surface area contributed by atoms with Crippen LogP contribution in [0.3, 0.4) is 0 Å². The summed E-state index contributed by atoms with van der Waals surface area (Å²) in [4.78, 5) is 15.5. The second-order valence-electron chi connectivity index (χ2n) is 9.23. The standard InChI is InChI=1S/C33H25NO3/c1-21-9-2-4-14-25(21)27-16-8-17-28-29(32(33(35)36)34-31(27)28)20-22-10-6-13-24(19-22)37-30-18-7-12-23-11-3-5-15-26(23)30/h2-19,34H,20H2,1H3,(H,35,36). The Bertz CT molecular complexity index is 1770. The molecule has 4 nitrogen and oxygen atoms in total. The zero-order chi connectivity index (χ0) is 25.4. The van der Waals surface area contributed by atoms with E-state index < -0.39 is 5.97 Å². The molecule has 6 aromatic rings. The van der Waals surface area contributed by atoms with E-state index in [-0.39, 0.29) is 5.69 Å². The van der Waals surface area contributed by atoms with Crippen molar-refractivity contribution in [1.82, 2.24) is 4.98 Å². The first-order valence-electron chi connectivity index (χ1n) is 12.3. The van der Waals surface area contributed by atoms with Crippen LogP contribution in [0.15, 0.2) is 109 Å². The first kappa shape index (κ1) is 22.6. The molecule has 0 saturated heterocycles. The van der Waals surface area contributed by atoms with E-state index in [1.54, 1.807) is 0 Å². The van der Waals surface area contributed by atoms with Gasteiger partial charge >= 0.3 is 5.97 Å². The summed E-state index contributed by atoms with van der Waals surface area (Å²) >= 11 is 0. The van der Waals surface area contributed by atoms with Gasteiger partial charge in [0.15, 0.2) is 0 Å². The van der Waals surface area contributed by atoms with Crippen LogP contribution >= 0.6 is 0 Å². The van der Waals surface area contributed by atoms with Crippen LogP contribution in [-0.2, 0) is 6.42 Å². The van der Waals surface area contributed by atoms with Gasteiger partial charge in [-0.3, -0.25) is 0 Å². The number of aromatic carboxylic acids is 1. The van der Waals surface area contributed by atoms with Gasteiger partial charge in [0.2, 0.25) is 0 Å². The van der Waals surface area contributed by atoms with Gasteiger partial charge in [0.1, 0.15) is 17.2 Å². The number of ether oxygens (including phenoxy) is 1. The van der Waals surface area contributed by atoms with E-state index in [1.807, 2.05) is 84.9 Å². The minimum absolute atomic E-state index is 0.219. The van der Waals surface area contributed by atoms with Gasteiger partial charge in [-0.2, -0.15) is 0 Å². The molecule has 0 unspecified atom stereocenters. The molecule has 180 valence electrons. The van der Waals surface area contributed by atoms with Crippen molar-refractivity contribution in [2.75, 3.05) is 0 Å². The Morgan fingerprint density at radius 3 is 2.35 bits per heavy atom. The number of aryl methyl sites for hydroxylation is 1. The molecule has 0 aliphatic heterocycles. The molecule has 6 rings (SSSR count). The molecule has 2 N–H and O–H groups in total. The molecule has 0 aliphatic rings. The first-order chi connectivity index (χ1) is 18.1. The van der Waals surface area contributed by atoms with Crippen LogP contribution in [0.5, 0.6) is 11.5 Å². The maximum Gasteiger partial charge on any atom is 0.352 e. The monoisotopic (exact) mass is 483 g/mol. The maximum absolute atomic E-state index is 12.3. The van der Waals surface area contributed by atoms with E-state index in [4.69, 9.17) is 4.74 Å². The number of carboxylic acids is 1. The Labute approximate surface area is 214 Å². The number of hydrogen-bond donors (Lipinski definition) is 2. The number of carbonyl (C=O) groups is 1. The number of hydrogen-bond acceptors (Lipinski definition) is 2. The fourth-order valence-corrected chi connectivity index (χ4v) is 5.07. The number of para-hydroxylation sites is 1. The van der Waals surface area contributed by atoms with Gasteiger partial charge in [-0.25, -0.2) is 4.79 Å². The summed E-state index contributed by atoms with van der Waals surface area (Å²) in [7, 11) is 0. The quantitative estimate of drug-likeness (QED) is 0.250. The molecule has 4 heteroatoms. The number of H-pyrrole nitrogens is 1. The van der Waals surface area contributed by atoms with E-state index in [1.165, 1.54) is 0 Å². The molecule has 1 aromatic heterocycles. The molecule has 0 radical (unpaired) electrons. The first-order valence-corrected chi connectivity index (χ1v) is 12.3. The lowest BCUT2D eigenvalue weighted by Gasteiger charge is -2.11. The highest BCUT2D eigenvalue weighted by molar-refractivity contribution is 6.03. The summed E-state index contributed by atoms with van der Waals surface area (Å²) in [5.74, 6) is 0.535. The summed E-state index contributed by atoms with van der Waals surface area (Å²) < 4.78 is 6.28. The highest BCUT2D eigenvalue weighted by Gasteiger charge is 2.20. The van der Waals surface area contributed by atoms with Crippen molar-refractivity contribution < 1.29 is 14.6 Å². The van der Waals surface area contributed by atoms with Crippen molar-refractivity contribution in [2.45, 2.75) is 13.3 Å². The molecule has 0 aliphatic carbocycles. The van der Waals surface area contributed by atoms with Crippen molar-refractivity contribution in [3.05, 3.63) is 132 Å². The van der Waals surface area contributed by atoms with Gasteiger partial charge in [-0.1, -0.05) is 91.0 Å². The largest absolute Gasteiger partial charge is 0.477 e. The summed E-state index contributed by atoms with van der Waals surface area (Å²) in [6.45, 7) is 2.07.